The predicted molar refractivity (Wildman–Crippen MR) is 98.7 cm³/mol. The van der Waals surface area contributed by atoms with E-state index in [0.29, 0.717) is 17.8 Å². The van der Waals surface area contributed by atoms with E-state index in [4.69, 9.17) is 5.73 Å². The molecular formula is C18H20BrN3O2. The van der Waals surface area contributed by atoms with Crippen LogP contribution in [0.3, 0.4) is 0 Å². The predicted octanol–water partition coefficient (Wildman–Crippen LogP) is 3.01. The van der Waals surface area contributed by atoms with Gasteiger partial charge in [-0.2, -0.15) is 0 Å². The molecule has 1 unspecified atom stereocenters. The van der Waals surface area contributed by atoms with E-state index in [2.05, 4.69) is 21.2 Å². The minimum Gasteiger partial charge on any atom is -0.366 e. The highest BCUT2D eigenvalue weighted by Crippen LogP contribution is 2.18. The molecule has 0 spiro atoms. The molecule has 5 nitrogen and oxygen atoms in total. The van der Waals surface area contributed by atoms with Gasteiger partial charge in [-0.1, -0.05) is 34.1 Å². The highest BCUT2D eigenvalue weighted by atomic mass is 79.9. The lowest BCUT2D eigenvalue weighted by Crippen LogP contribution is -2.39. The maximum absolute atomic E-state index is 12.4. The summed E-state index contributed by atoms with van der Waals surface area (Å²) in [6, 6.07) is 14.1. The molecule has 0 aliphatic rings. The second-order valence-electron chi connectivity index (χ2n) is 5.61. The second kappa shape index (κ2) is 8.08. The van der Waals surface area contributed by atoms with E-state index in [1.807, 2.05) is 43.1 Å². The van der Waals surface area contributed by atoms with E-state index in [1.54, 1.807) is 24.3 Å². The van der Waals surface area contributed by atoms with Crippen LogP contribution in [0.5, 0.6) is 0 Å². The SMILES string of the molecule is CC(C(=O)Nc1ccc(C(N)=O)cc1)N(C)Cc1ccccc1Br. The lowest BCUT2D eigenvalue weighted by atomic mass is 10.1. The van der Waals surface area contributed by atoms with Crippen molar-refractivity contribution in [2.24, 2.45) is 5.73 Å². The highest BCUT2D eigenvalue weighted by Gasteiger charge is 2.19. The van der Waals surface area contributed by atoms with E-state index in [1.165, 1.54) is 0 Å². The van der Waals surface area contributed by atoms with Gasteiger partial charge in [0.25, 0.3) is 0 Å². The normalized spacial score (nSPS) is 12.0. The Morgan fingerprint density at radius 3 is 2.38 bits per heavy atom. The number of rotatable bonds is 6. The number of carbonyl (C=O) groups is 2. The van der Waals surface area contributed by atoms with Gasteiger partial charge in [-0.25, -0.2) is 0 Å². The Labute approximate surface area is 150 Å². The van der Waals surface area contributed by atoms with Crippen LogP contribution in [0.1, 0.15) is 22.8 Å². The van der Waals surface area contributed by atoms with Crippen molar-refractivity contribution in [1.29, 1.82) is 0 Å². The number of nitrogens with one attached hydrogen (secondary N) is 1. The van der Waals surface area contributed by atoms with E-state index in [-0.39, 0.29) is 11.9 Å². The topological polar surface area (TPSA) is 75.4 Å². The van der Waals surface area contributed by atoms with Crippen molar-refractivity contribution in [2.75, 3.05) is 12.4 Å². The van der Waals surface area contributed by atoms with Crippen molar-refractivity contribution in [2.45, 2.75) is 19.5 Å². The number of hydrogen-bond donors (Lipinski definition) is 2. The molecule has 0 aromatic heterocycles. The molecule has 6 heteroatoms. The van der Waals surface area contributed by atoms with Crippen LogP contribution >= 0.6 is 15.9 Å². The highest BCUT2D eigenvalue weighted by molar-refractivity contribution is 9.10. The molecule has 0 fully saturated rings. The summed E-state index contributed by atoms with van der Waals surface area (Å²) in [5.74, 6) is -0.606. The number of likely N-dealkylation sites (N-methyl/N-ethyl adjacent to an activating group) is 1. The van der Waals surface area contributed by atoms with Gasteiger partial charge in [0.15, 0.2) is 0 Å². The van der Waals surface area contributed by atoms with Gasteiger partial charge in [0.05, 0.1) is 6.04 Å². The molecule has 24 heavy (non-hydrogen) atoms. The number of carbonyl (C=O) groups excluding carboxylic acids is 2. The third-order valence-corrected chi connectivity index (χ3v) is 4.63. The molecule has 0 aliphatic heterocycles. The largest absolute Gasteiger partial charge is 0.366 e. The summed E-state index contributed by atoms with van der Waals surface area (Å²) in [7, 11) is 1.90. The van der Waals surface area contributed by atoms with Crippen molar-refractivity contribution in [3.63, 3.8) is 0 Å². The Morgan fingerprint density at radius 2 is 1.79 bits per heavy atom. The minimum atomic E-state index is -0.491. The Kier molecular flexibility index (Phi) is 6.11. The van der Waals surface area contributed by atoms with E-state index < -0.39 is 5.91 Å². The summed E-state index contributed by atoms with van der Waals surface area (Å²) < 4.78 is 1.02. The average molecular weight is 390 g/mol. The van der Waals surface area contributed by atoms with Gasteiger partial charge in [0.2, 0.25) is 11.8 Å². The summed E-state index contributed by atoms with van der Waals surface area (Å²) in [6.45, 7) is 2.50. The van der Waals surface area contributed by atoms with Crippen molar-refractivity contribution < 1.29 is 9.59 Å². The standard InChI is InChI=1S/C18H20BrN3O2/c1-12(22(2)11-14-5-3-4-6-16(14)19)18(24)21-15-9-7-13(8-10-15)17(20)23/h3-10,12H,11H2,1-2H3,(H2,20,23)(H,21,24). The first-order valence-corrected chi connectivity index (χ1v) is 8.32. The van der Waals surface area contributed by atoms with Gasteiger partial charge < -0.3 is 11.1 Å². The van der Waals surface area contributed by atoms with Crippen LogP contribution in [-0.2, 0) is 11.3 Å². The van der Waals surface area contributed by atoms with Gasteiger partial charge >= 0.3 is 0 Å². The summed E-state index contributed by atoms with van der Waals surface area (Å²) in [5, 5.41) is 2.84. The molecule has 0 bridgehead atoms. The van der Waals surface area contributed by atoms with Crippen molar-refractivity contribution in [1.82, 2.24) is 4.90 Å². The molecule has 3 N–H and O–H groups in total. The molecule has 0 radical (unpaired) electrons. The zero-order valence-corrected chi connectivity index (χ0v) is 15.2. The summed E-state index contributed by atoms with van der Waals surface area (Å²) in [4.78, 5) is 25.4. The number of anilines is 1. The Hall–Kier alpha value is -2.18. The van der Waals surface area contributed by atoms with Crippen molar-refractivity contribution in [3.05, 3.63) is 64.1 Å². The summed E-state index contributed by atoms with van der Waals surface area (Å²) in [6.07, 6.45) is 0. The first kappa shape index (κ1) is 18.2. The van der Waals surface area contributed by atoms with Gasteiger partial charge in [-0.3, -0.25) is 14.5 Å². The first-order valence-electron chi connectivity index (χ1n) is 7.53. The molecule has 2 aromatic rings. The maximum atomic E-state index is 12.4. The molecule has 126 valence electrons. The number of primary amides is 1. The molecule has 1 atom stereocenters. The Morgan fingerprint density at radius 1 is 1.17 bits per heavy atom. The second-order valence-corrected chi connectivity index (χ2v) is 6.47. The third kappa shape index (κ3) is 4.66. The monoisotopic (exact) mass is 389 g/mol. The van der Waals surface area contributed by atoms with Crippen LogP contribution in [-0.4, -0.2) is 29.8 Å². The lowest BCUT2D eigenvalue weighted by Gasteiger charge is -2.24. The Bertz CT molecular complexity index is 731. The average Bonchev–Trinajstić information content (AvgIpc) is 2.56. The van der Waals surface area contributed by atoms with Crippen molar-refractivity contribution >= 4 is 33.4 Å². The van der Waals surface area contributed by atoms with Crippen LogP contribution in [0.25, 0.3) is 0 Å². The maximum Gasteiger partial charge on any atom is 0.248 e. The van der Waals surface area contributed by atoms with Crippen LogP contribution in [0, 0.1) is 0 Å². The molecule has 0 heterocycles. The lowest BCUT2D eigenvalue weighted by molar-refractivity contribution is -0.120. The molecule has 2 aromatic carbocycles. The summed E-state index contributed by atoms with van der Waals surface area (Å²) >= 11 is 3.52. The van der Waals surface area contributed by atoms with E-state index in [9.17, 15) is 9.59 Å². The zero-order chi connectivity index (χ0) is 17.7. The summed E-state index contributed by atoms with van der Waals surface area (Å²) in [5.41, 5.74) is 7.36. The fourth-order valence-electron chi connectivity index (χ4n) is 2.20. The molecule has 0 saturated carbocycles. The van der Waals surface area contributed by atoms with Gasteiger partial charge in [0, 0.05) is 22.3 Å². The van der Waals surface area contributed by atoms with Crippen LogP contribution in [0.15, 0.2) is 53.0 Å². The van der Waals surface area contributed by atoms with Gasteiger partial charge in [-0.15, -0.1) is 0 Å². The van der Waals surface area contributed by atoms with Crippen molar-refractivity contribution in [3.8, 4) is 0 Å². The molecule has 2 rings (SSSR count). The molecular weight excluding hydrogens is 370 g/mol. The van der Waals surface area contributed by atoms with E-state index in [0.717, 1.165) is 10.0 Å². The number of halogens is 1. The van der Waals surface area contributed by atoms with Crippen LogP contribution in [0.2, 0.25) is 0 Å². The molecule has 0 saturated heterocycles. The van der Waals surface area contributed by atoms with Gasteiger partial charge in [-0.05, 0) is 49.9 Å². The van der Waals surface area contributed by atoms with E-state index >= 15 is 0 Å². The number of hydrogen-bond acceptors (Lipinski definition) is 3. The fourth-order valence-corrected chi connectivity index (χ4v) is 2.61. The quantitative estimate of drug-likeness (QED) is 0.796. The zero-order valence-electron chi connectivity index (χ0n) is 13.6. The number of benzene rings is 2. The van der Waals surface area contributed by atoms with Crippen LogP contribution < -0.4 is 11.1 Å². The number of nitrogens with two attached hydrogens (primary N) is 1. The van der Waals surface area contributed by atoms with Gasteiger partial charge in [0.1, 0.15) is 0 Å². The fraction of sp³-hybridized carbons (Fsp3) is 0.222. The smallest absolute Gasteiger partial charge is 0.248 e. The Balaban J connectivity index is 1.98. The molecule has 2 amide bonds. The number of nitrogens with zero attached hydrogens (tertiary/aromatic N) is 1. The minimum absolute atomic E-state index is 0.114. The van der Waals surface area contributed by atoms with Crippen LogP contribution in [0.4, 0.5) is 5.69 Å². The molecule has 0 aliphatic carbocycles. The first-order chi connectivity index (χ1) is 11.4. The number of amides is 2. The third-order valence-electron chi connectivity index (χ3n) is 3.86.